The van der Waals surface area contributed by atoms with Crippen LogP contribution in [0.1, 0.15) is 54.9 Å². The maximum atomic E-state index is 12.6. The van der Waals surface area contributed by atoms with Crippen LogP contribution in [0.5, 0.6) is 0 Å². The van der Waals surface area contributed by atoms with Crippen molar-refractivity contribution in [2.24, 2.45) is 5.92 Å². The summed E-state index contributed by atoms with van der Waals surface area (Å²) in [5.41, 5.74) is 2.77. The molecule has 132 valence electrons. The molecular formula is C21H27N3O. The predicted molar refractivity (Wildman–Crippen MR) is 101 cm³/mol. The van der Waals surface area contributed by atoms with E-state index in [0.717, 1.165) is 23.2 Å². The molecule has 3 atom stereocenters. The third-order valence-electron chi connectivity index (χ3n) is 5.74. The largest absolute Gasteiger partial charge is 0.350 e. The van der Waals surface area contributed by atoms with Gasteiger partial charge in [0.15, 0.2) is 0 Å². The van der Waals surface area contributed by atoms with Gasteiger partial charge in [-0.2, -0.15) is 0 Å². The average molecular weight is 337 g/mol. The van der Waals surface area contributed by atoms with Crippen molar-refractivity contribution in [2.75, 3.05) is 0 Å². The number of amides is 1. The van der Waals surface area contributed by atoms with Gasteiger partial charge in [-0.25, -0.2) is 0 Å². The van der Waals surface area contributed by atoms with Crippen molar-refractivity contribution in [1.82, 2.24) is 15.6 Å². The second-order valence-corrected chi connectivity index (χ2v) is 8.01. The minimum atomic E-state index is -0.0145. The lowest BCUT2D eigenvalue weighted by Crippen LogP contribution is -2.41. The first-order valence-corrected chi connectivity index (χ1v) is 9.50. The zero-order valence-electron chi connectivity index (χ0n) is 15.1. The van der Waals surface area contributed by atoms with E-state index in [1.165, 1.54) is 31.2 Å². The highest BCUT2D eigenvalue weighted by Crippen LogP contribution is 2.33. The van der Waals surface area contributed by atoms with Crippen LogP contribution >= 0.6 is 0 Å². The van der Waals surface area contributed by atoms with Crippen LogP contribution in [0.3, 0.4) is 0 Å². The van der Waals surface area contributed by atoms with Crippen LogP contribution in [0.15, 0.2) is 30.5 Å². The number of pyridine rings is 1. The first kappa shape index (κ1) is 16.5. The molecule has 0 saturated carbocycles. The Bertz CT molecular complexity index is 776. The Kier molecular flexibility index (Phi) is 4.46. The van der Waals surface area contributed by atoms with Gasteiger partial charge < -0.3 is 10.6 Å². The van der Waals surface area contributed by atoms with Gasteiger partial charge in [0, 0.05) is 29.7 Å². The number of aryl methyl sites for hydroxylation is 1. The summed E-state index contributed by atoms with van der Waals surface area (Å²) in [4.78, 5) is 17.0. The van der Waals surface area contributed by atoms with Crippen LogP contribution in [-0.2, 0) is 0 Å². The standard InChI is InChI=1S/C21H27N3O/c1-13-3-4-16-11-17(12-22-20(16)7-13)21(25)23-14(2)8-15-9-18-5-6-19(10-15)24-18/h3-4,7,11-12,14-15,18-19,24H,5-6,8-10H2,1-2H3,(H,23,25). The van der Waals surface area contributed by atoms with E-state index in [4.69, 9.17) is 0 Å². The molecule has 3 unspecified atom stereocenters. The molecule has 2 aliphatic rings. The lowest BCUT2D eigenvalue weighted by molar-refractivity contribution is 0.0932. The van der Waals surface area contributed by atoms with Crippen molar-refractivity contribution in [3.8, 4) is 0 Å². The molecule has 0 radical (unpaired) electrons. The zero-order valence-corrected chi connectivity index (χ0v) is 15.1. The second kappa shape index (κ2) is 6.75. The molecule has 4 heteroatoms. The topological polar surface area (TPSA) is 54.0 Å². The summed E-state index contributed by atoms with van der Waals surface area (Å²) in [6, 6.07) is 9.69. The lowest BCUT2D eigenvalue weighted by Gasteiger charge is -2.31. The molecule has 25 heavy (non-hydrogen) atoms. The first-order chi connectivity index (χ1) is 12.1. The molecule has 3 heterocycles. The number of fused-ring (bicyclic) bond motifs is 3. The smallest absolute Gasteiger partial charge is 0.253 e. The van der Waals surface area contributed by atoms with Crippen molar-refractivity contribution in [3.05, 3.63) is 41.6 Å². The molecule has 4 rings (SSSR count). The Labute approximate surface area is 149 Å². The van der Waals surface area contributed by atoms with E-state index in [9.17, 15) is 4.79 Å². The van der Waals surface area contributed by atoms with Gasteiger partial charge >= 0.3 is 0 Å². The fourth-order valence-electron chi connectivity index (χ4n) is 4.59. The summed E-state index contributed by atoms with van der Waals surface area (Å²) in [7, 11) is 0. The third kappa shape index (κ3) is 3.69. The Morgan fingerprint density at radius 3 is 2.80 bits per heavy atom. The zero-order chi connectivity index (χ0) is 17.4. The number of rotatable bonds is 4. The Morgan fingerprint density at radius 2 is 2.04 bits per heavy atom. The van der Waals surface area contributed by atoms with Crippen molar-refractivity contribution in [3.63, 3.8) is 0 Å². The van der Waals surface area contributed by atoms with Gasteiger partial charge in [0.05, 0.1) is 11.1 Å². The van der Waals surface area contributed by atoms with Gasteiger partial charge in [0.1, 0.15) is 0 Å². The normalized spacial score (nSPS) is 26.6. The van der Waals surface area contributed by atoms with Crippen LogP contribution in [-0.4, -0.2) is 29.0 Å². The molecule has 2 aromatic rings. The fourth-order valence-corrected chi connectivity index (χ4v) is 4.59. The van der Waals surface area contributed by atoms with E-state index in [1.54, 1.807) is 6.20 Å². The van der Waals surface area contributed by atoms with Gasteiger partial charge in [0.25, 0.3) is 5.91 Å². The molecule has 2 bridgehead atoms. The highest BCUT2D eigenvalue weighted by molar-refractivity contribution is 5.97. The van der Waals surface area contributed by atoms with Crippen molar-refractivity contribution in [1.29, 1.82) is 0 Å². The fraction of sp³-hybridized carbons (Fsp3) is 0.524. The van der Waals surface area contributed by atoms with Crippen molar-refractivity contribution >= 4 is 16.8 Å². The van der Waals surface area contributed by atoms with E-state index in [0.29, 0.717) is 17.6 Å². The molecule has 4 nitrogen and oxygen atoms in total. The number of carbonyl (C=O) groups excluding carboxylic acids is 1. The van der Waals surface area contributed by atoms with E-state index >= 15 is 0 Å². The maximum absolute atomic E-state index is 12.6. The molecule has 1 aromatic carbocycles. The minimum Gasteiger partial charge on any atom is -0.350 e. The lowest BCUT2D eigenvalue weighted by atomic mass is 9.87. The van der Waals surface area contributed by atoms with E-state index in [1.807, 2.05) is 18.2 Å². The highest BCUT2D eigenvalue weighted by Gasteiger charge is 2.33. The van der Waals surface area contributed by atoms with Gasteiger partial charge in [-0.15, -0.1) is 0 Å². The molecule has 1 amide bonds. The van der Waals surface area contributed by atoms with Crippen molar-refractivity contribution in [2.45, 2.75) is 64.1 Å². The summed E-state index contributed by atoms with van der Waals surface area (Å²) in [6.45, 7) is 4.18. The van der Waals surface area contributed by atoms with Crippen LogP contribution in [0, 0.1) is 12.8 Å². The van der Waals surface area contributed by atoms with Gasteiger partial charge in [-0.1, -0.05) is 12.1 Å². The minimum absolute atomic E-state index is 0.0145. The highest BCUT2D eigenvalue weighted by atomic mass is 16.1. The molecule has 2 fully saturated rings. The number of hydrogen-bond acceptors (Lipinski definition) is 3. The summed E-state index contributed by atoms with van der Waals surface area (Å²) in [5, 5.41) is 7.87. The monoisotopic (exact) mass is 337 g/mol. The summed E-state index contributed by atoms with van der Waals surface area (Å²) < 4.78 is 0. The van der Waals surface area contributed by atoms with E-state index < -0.39 is 0 Å². The quantitative estimate of drug-likeness (QED) is 0.896. The summed E-state index contributed by atoms with van der Waals surface area (Å²) in [5.74, 6) is 0.714. The molecule has 0 aliphatic carbocycles. The van der Waals surface area contributed by atoms with Crippen LogP contribution < -0.4 is 10.6 Å². The number of nitrogens with zero attached hydrogens (tertiary/aromatic N) is 1. The molecule has 2 N–H and O–H groups in total. The van der Waals surface area contributed by atoms with Crippen LogP contribution in [0.25, 0.3) is 10.9 Å². The van der Waals surface area contributed by atoms with E-state index in [2.05, 4.69) is 35.5 Å². The number of carbonyl (C=O) groups is 1. The molecular weight excluding hydrogens is 310 g/mol. The predicted octanol–water partition coefficient (Wildman–Crippen LogP) is 3.58. The summed E-state index contributed by atoms with van der Waals surface area (Å²) >= 11 is 0. The Balaban J connectivity index is 1.38. The van der Waals surface area contributed by atoms with Crippen LogP contribution in [0.4, 0.5) is 0 Å². The first-order valence-electron chi connectivity index (χ1n) is 9.50. The number of hydrogen-bond donors (Lipinski definition) is 2. The molecule has 2 aliphatic heterocycles. The SMILES string of the molecule is Cc1ccc2cc(C(=O)NC(C)CC3CC4CCC(C3)N4)cnc2c1. The van der Waals surface area contributed by atoms with Crippen molar-refractivity contribution < 1.29 is 4.79 Å². The third-order valence-corrected chi connectivity index (χ3v) is 5.74. The number of benzene rings is 1. The number of nitrogens with one attached hydrogen (secondary N) is 2. The molecule has 1 aromatic heterocycles. The summed E-state index contributed by atoms with van der Waals surface area (Å²) in [6.07, 6.45) is 7.92. The average Bonchev–Trinajstić information content (AvgIpc) is 2.92. The molecule has 0 spiro atoms. The second-order valence-electron chi connectivity index (χ2n) is 8.01. The molecule has 2 saturated heterocycles. The van der Waals surface area contributed by atoms with Gasteiger partial charge in [-0.05, 0) is 69.6 Å². The van der Waals surface area contributed by atoms with Gasteiger partial charge in [0.2, 0.25) is 0 Å². The van der Waals surface area contributed by atoms with E-state index in [-0.39, 0.29) is 11.9 Å². The van der Waals surface area contributed by atoms with Crippen LogP contribution in [0.2, 0.25) is 0 Å². The number of aromatic nitrogens is 1. The van der Waals surface area contributed by atoms with Gasteiger partial charge in [-0.3, -0.25) is 9.78 Å². The Morgan fingerprint density at radius 1 is 1.28 bits per heavy atom. The maximum Gasteiger partial charge on any atom is 0.253 e. The number of piperidine rings is 1. The Hall–Kier alpha value is -1.94.